The van der Waals surface area contributed by atoms with Crippen LogP contribution < -0.4 is 14.8 Å². The fourth-order valence-corrected chi connectivity index (χ4v) is 4.60. The molecule has 0 bridgehead atoms. The molecule has 0 saturated heterocycles. The maximum atomic E-state index is 12.6. The number of unbranched alkanes of at least 4 members (excludes halogenated alkanes) is 1. The van der Waals surface area contributed by atoms with E-state index in [0.29, 0.717) is 23.5 Å². The highest BCUT2D eigenvalue weighted by Gasteiger charge is 2.15. The van der Waals surface area contributed by atoms with Crippen molar-refractivity contribution < 1.29 is 17.9 Å². The number of pyridine rings is 1. The Labute approximate surface area is 192 Å². The lowest BCUT2D eigenvalue weighted by Crippen LogP contribution is -2.24. The molecule has 0 aliphatic rings. The zero-order valence-corrected chi connectivity index (χ0v) is 19.5. The number of rotatable bonds is 10. The van der Waals surface area contributed by atoms with Crippen LogP contribution >= 0.6 is 11.8 Å². The van der Waals surface area contributed by atoms with E-state index in [1.165, 1.54) is 31.0 Å². The molecule has 168 valence electrons. The Morgan fingerprint density at radius 1 is 1.09 bits per heavy atom. The Balaban J connectivity index is 1.61. The predicted molar refractivity (Wildman–Crippen MR) is 126 cm³/mol. The van der Waals surface area contributed by atoms with E-state index >= 15 is 0 Å². The summed E-state index contributed by atoms with van der Waals surface area (Å²) >= 11 is 1.42. The predicted octanol–water partition coefficient (Wildman–Crippen LogP) is 4.57. The van der Waals surface area contributed by atoms with Gasteiger partial charge in [0.05, 0.1) is 17.6 Å². The lowest BCUT2D eigenvalue weighted by Gasteiger charge is -2.10. The summed E-state index contributed by atoms with van der Waals surface area (Å²) in [5.74, 6) is 0.340. The van der Waals surface area contributed by atoms with Gasteiger partial charge in [-0.05, 0) is 55.0 Å². The van der Waals surface area contributed by atoms with Crippen molar-refractivity contribution in [1.82, 2.24) is 10.3 Å². The fourth-order valence-electron chi connectivity index (χ4n) is 2.75. The van der Waals surface area contributed by atoms with Crippen LogP contribution in [0.3, 0.4) is 0 Å². The first-order valence-corrected chi connectivity index (χ1v) is 12.4. The average Bonchev–Trinajstić information content (AvgIpc) is 2.81. The summed E-state index contributed by atoms with van der Waals surface area (Å²) in [7, 11) is -2.24. The number of ether oxygens (including phenoxy) is 1. The van der Waals surface area contributed by atoms with Gasteiger partial charge < -0.3 is 10.1 Å². The summed E-state index contributed by atoms with van der Waals surface area (Å²) in [6.45, 7) is 2.72. The Bertz CT molecular complexity index is 1150. The van der Waals surface area contributed by atoms with Crippen molar-refractivity contribution >= 4 is 33.4 Å². The highest BCUT2D eigenvalue weighted by Crippen LogP contribution is 2.28. The first-order chi connectivity index (χ1) is 15.4. The molecule has 3 rings (SSSR count). The van der Waals surface area contributed by atoms with E-state index in [1.54, 1.807) is 54.7 Å². The lowest BCUT2D eigenvalue weighted by atomic mass is 10.2. The number of nitrogens with one attached hydrogen (secondary N) is 2. The Kier molecular flexibility index (Phi) is 8.13. The molecular weight excluding hydrogens is 446 g/mol. The van der Waals surface area contributed by atoms with Crippen LogP contribution in [-0.4, -0.2) is 33.0 Å². The molecule has 0 spiro atoms. The van der Waals surface area contributed by atoms with Crippen molar-refractivity contribution in [2.24, 2.45) is 0 Å². The molecule has 1 aromatic heterocycles. The zero-order chi connectivity index (χ0) is 23.0. The molecule has 9 heteroatoms. The Morgan fingerprint density at radius 2 is 1.88 bits per heavy atom. The van der Waals surface area contributed by atoms with Crippen LogP contribution in [0.25, 0.3) is 0 Å². The summed E-state index contributed by atoms with van der Waals surface area (Å²) in [5, 5.41) is 3.60. The number of hydrogen-bond donors (Lipinski definition) is 2. The van der Waals surface area contributed by atoms with Crippen molar-refractivity contribution in [2.45, 2.75) is 34.6 Å². The number of nitrogens with zero attached hydrogens (tertiary/aromatic N) is 1. The zero-order valence-electron chi connectivity index (χ0n) is 17.9. The minimum Gasteiger partial charge on any atom is -0.497 e. The van der Waals surface area contributed by atoms with Crippen LogP contribution in [0.1, 0.15) is 30.1 Å². The number of sulfonamides is 1. The summed E-state index contributed by atoms with van der Waals surface area (Å²) in [5.41, 5.74) is 0.969. The molecule has 7 nitrogen and oxygen atoms in total. The highest BCUT2D eigenvalue weighted by molar-refractivity contribution is 7.99. The van der Waals surface area contributed by atoms with Gasteiger partial charge in [-0.25, -0.2) is 13.4 Å². The minimum atomic E-state index is -3.73. The summed E-state index contributed by atoms with van der Waals surface area (Å²) < 4.78 is 32.9. The first-order valence-electron chi connectivity index (χ1n) is 10.1. The van der Waals surface area contributed by atoms with Crippen LogP contribution in [0.5, 0.6) is 5.75 Å². The van der Waals surface area contributed by atoms with Crippen LogP contribution in [0, 0.1) is 0 Å². The first kappa shape index (κ1) is 23.6. The van der Waals surface area contributed by atoms with E-state index in [2.05, 4.69) is 21.9 Å². The van der Waals surface area contributed by atoms with Crippen molar-refractivity contribution in [1.29, 1.82) is 0 Å². The average molecular weight is 472 g/mol. The molecule has 3 aromatic rings. The number of benzene rings is 2. The molecular formula is C23H25N3O4S2. The molecule has 0 unspecified atom stereocenters. The molecule has 0 radical (unpaired) electrons. The molecule has 0 aliphatic heterocycles. The van der Waals surface area contributed by atoms with Gasteiger partial charge >= 0.3 is 0 Å². The molecule has 0 aliphatic carbocycles. The van der Waals surface area contributed by atoms with E-state index in [4.69, 9.17) is 4.74 Å². The number of aromatic nitrogens is 1. The number of carbonyl (C=O) groups excluding carboxylic acids is 1. The van der Waals surface area contributed by atoms with Gasteiger partial charge in [-0.1, -0.05) is 31.2 Å². The number of hydrogen-bond acceptors (Lipinski definition) is 6. The molecule has 1 heterocycles. The number of methoxy groups -OCH3 is 1. The molecule has 2 aromatic carbocycles. The van der Waals surface area contributed by atoms with Gasteiger partial charge in [-0.15, -0.1) is 0 Å². The van der Waals surface area contributed by atoms with Crippen LogP contribution in [-0.2, 0) is 10.0 Å². The summed E-state index contributed by atoms with van der Waals surface area (Å²) in [6, 6.07) is 16.8. The third kappa shape index (κ3) is 6.48. The molecule has 0 fully saturated rings. The maximum Gasteiger partial charge on any atom is 0.262 e. The fraction of sp³-hybridized carbons (Fsp3) is 0.217. The van der Waals surface area contributed by atoms with E-state index in [1.807, 2.05) is 0 Å². The van der Waals surface area contributed by atoms with E-state index in [-0.39, 0.29) is 10.8 Å². The molecule has 2 N–H and O–H groups in total. The highest BCUT2D eigenvalue weighted by atomic mass is 32.2. The van der Waals surface area contributed by atoms with Gasteiger partial charge in [0.2, 0.25) is 0 Å². The largest absolute Gasteiger partial charge is 0.497 e. The maximum absolute atomic E-state index is 12.6. The van der Waals surface area contributed by atoms with Gasteiger partial charge in [0.15, 0.2) is 0 Å². The van der Waals surface area contributed by atoms with Crippen molar-refractivity contribution in [3.05, 3.63) is 72.4 Å². The Hall–Kier alpha value is -3.04. The third-order valence-electron chi connectivity index (χ3n) is 4.49. The molecule has 32 heavy (non-hydrogen) atoms. The summed E-state index contributed by atoms with van der Waals surface area (Å²) in [6.07, 6.45) is 3.52. The van der Waals surface area contributed by atoms with E-state index in [9.17, 15) is 13.2 Å². The van der Waals surface area contributed by atoms with E-state index in [0.717, 1.165) is 22.8 Å². The van der Waals surface area contributed by atoms with Crippen LogP contribution in [0.15, 0.2) is 81.7 Å². The van der Waals surface area contributed by atoms with Crippen molar-refractivity contribution in [3.63, 3.8) is 0 Å². The monoisotopic (exact) mass is 471 g/mol. The second-order valence-electron chi connectivity index (χ2n) is 6.91. The normalized spacial score (nSPS) is 11.1. The number of amides is 1. The quantitative estimate of drug-likeness (QED) is 0.420. The van der Waals surface area contributed by atoms with Gasteiger partial charge in [0.1, 0.15) is 10.8 Å². The second-order valence-corrected chi connectivity index (χ2v) is 9.68. The Morgan fingerprint density at radius 3 is 2.53 bits per heavy atom. The SMILES string of the molecule is CCCCNC(=O)c1ccc(Sc2ccc(NS(=O)(=O)c3cccc(OC)c3)cc2)nc1. The minimum absolute atomic E-state index is 0.123. The molecule has 1 amide bonds. The summed E-state index contributed by atoms with van der Waals surface area (Å²) in [4.78, 5) is 17.4. The van der Waals surface area contributed by atoms with Crippen LogP contribution in [0.2, 0.25) is 0 Å². The smallest absolute Gasteiger partial charge is 0.262 e. The number of anilines is 1. The second kappa shape index (κ2) is 11.0. The molecule has 0 atom stereocenters. The topological polar surface area (TPSA) is 97.4 Å². The third-order valence-corrected chi connectivity index (χ3v) is 6.83. The lowest BCUT2D eigenvalue weighted by molar-refractivity contribution is 0.0952. The van der Waals surface area contributed by atoms with Gasteiger partial charge in [-0.2, -0.15) is 0 Å². The standard InChI is InChI=1S/C23H25N3O4S2/c1-3-4-14-24-23(27)17-8-13-22(25-16-17)31-20-11-9-18(10-12-20)26-32(28,29)21-7-5-6-19(15-21)30-2/h5-13,15-16,26H,3-4,14H2,1-2H3,(H,24,27). The van der Waals surface area contributed by atoms with Gasteiger partial charge in [-0.3, -0.25) is 9.52 Å². The van der Waals surface area contributed by atoms with Gasteiger partial charge in [0.25, 0.3) is 15.9 Å². The van der Waals surface area contributed by atoms with Gasteiger partial charge in [0, 0.05) is 29.4 Å². The van der Waals surface area contributed by atoms with Crippen LogP contribution in [0.4, 0.5) is 5.69 Å². The number of carbonyl (C=O) groups is 1. The van der Waals surface area contributed by atoms with E-state index < -0.39 is 10.0 Å². The van der Waals surface area contributed by atoms with Crippen molar-refractivity contribution in [3.8, 4) is 5.75 Å². The van der Waals surface area contributed by atoms with Crippen molar-refractivity contribution in [2.75, 3.05) is 18.4 Å². The molecule has 0 saturated carbocycles.